The highest BCUT2D eigenvalue weighted by molar-refractivity contribution is 8.24. The van der Waals surface area contributed by atoms with Gasteiger partial charge in [-0.2, -0.15) is 0 Å². The second-order valence-corrected chi connectivity index (χ2v) is 6.87. The molecule has 102 valence electrons. The van der Waals surface area contributed by atoms with Crippen molar-refractivity contribution in [1.29, 1.82) is 0 Å². The molecule has 0 radical (unpaired) electrons. The Kier molecular flexibility index (Phi) is 4.89. The number of hydrogen-bond acceptors (Lipinski definition) is 6. The van der Waals surface area contributed by atoms with E-state index in [0.717, 1.165) is 0 Å². The van der Waals surface area contributed by atoms with E-state index < -0.39 is 0 Å². The third-order valence-electron chi connectivity index (χ3n) is 2.58. The van der Waals surface area contributed by atoms with Crippen LogP contribution in [0, 0.1) is 0 Å². The molecule has 0 saturated carbocycles. The summed E-state index contributed by atoms with van der Waals surface area (Å²) in [5.41, 5.74) is 0. The summed E-state index contributed by atoms with van der Waals surface area (Å²) >= 11 is 7.90. The summed E-state index contributed by atoms with van der Waals surface area (Å²) in [6, 6.07) is 0. The standard InChI is InChI=1S/C11H13N3O2S3/c1-7-9(16)14(11(17)19-7)5-2-3-8(15)13-10-12-4-6-18-10/h4,6-7H,2-3,5H2,1H3,(H,12,13,15). The number of amides is 2. The van der Waals surface area contributed by atoms with Crippen LogP contribution in [0.1, 0.15) is 19.8 Å². The van der Waals surface area contributed by atoms with Crippen LogP contribution in [-0.4, -0.2) is 37.8 Å². The lowest BCUT2D eigenvalue weighted by molar-refractivity contribution is -0.126. The first-order valence-electron chi connectivity index (χ1n) is 5.79. The molecule has 1 aromatic heterocycles. The number of hydrogen-bond donors (Lipinski definition) is 1. The molecule has 8 heteroatoms. The van der Waals surface area contributed by atoms with Crippen LogP contribution in [0.4, 0.5) is 5.13 Å². The lowest BCUT2D eigenvalue weighted by Gasteiger charge is -2.14. The van der Waals surface area contributed by atoms with Crippen LogP contribution in [0.25, 0.3) is 0 Å². The Bertz CT molecular complexity index is 489. The maximum atomic E-state index is 11.8. The van der Waals surface area contributed by atoms with E-state index in [-0.39, 0.29) is 17.1 Å². The van der Waals surface area contributed by atoms with Crippen LogP contribution in [0.2, 0.25) is 0 Å². The van der Waals surface area contributed by atoms with Gasteiger partial charge in [-0.15, -0.1) is 11.3 Å². The molecule has 19 heavy (non-hydrogen) atoms. The van der Waals surface area contributed by atoms with Gasteiger partial charge in [0.05, 0.1) is 5.25 Å². The zero-order valence-corrected chi connectivity index (χ0v) is 12.7. The molecule has 1 aromatic rings. The van der Waals surface area contributed by atoms with E-state index in [1.54, 1.807) is 16.5 Å². The molecule has 0 aliphatic carbocycles. The fourth-order valence-corrected chi connectivity index (χ4v) is 3.64. The van der Waals surface area contributed by atoms with Gasteiger partial charge in [-0.05, 0) is 13.3 Å². The summed E-state index contributed by atoms with van der Waals surface area (Å²) in [5.74, 6) is -0.0523. The molecular formula is C11H13N3O2S3. The highest BCUT2D eigenvalue weighted by Gasteiger charge is 2.33. The van der Waals surface area contributed by atoms with E-state index in [0.29, 0.717) is 28.8 Å². The number of thiazole rings is 1. The summed E-state index contributed by atoms with van der Waals surface area (Å²) in [4.78, 5) is 28.9. The summed E-state index contributed by atoms with van der Waals surface area (Å²) in [6.45, 7) is 2.34. The molecule has 2 amide bonds. The minimum atomic E-state index is -0.100. The fraction of sp³-hybridized carbons (Fsp3) is 0.455. The third kappa shape index (κ3) is 3.74. The molecule has 0 bridgehead atoms. The largest absolute Gasteiger partial charge is 0.302 e. The van der Waals surface area contributed by atoms with Crippen LogP contribution in [-0.2, 0) is 9.59 Å². The van der Waals surface area contributed by atoms with Crippen LogP contribution >= 0.6 is 35.3 Å². The number of carbonyl (C=O) groups excluding carboxylic acids is 2. The van der Waals surface area contributed by atoms with E-state index in [2.05, 4.69) is 10.3 Å². The zero-order valence-electron chi connectivity index (χ0n) is 10.3. The third-order valence-corrected chi connectivity index (χ3v) is 4.75. The van der Waals surface area contributed by atoms with Crippen molar-refractivity contribution in [3.8, 4) is 0 Å². The average molecular weight is 315 g/mol. The van der Waals surface area contributed by atoms with Crippen LogP contribution < -0.4 is 5.32 Å². The second-order valence-electron chi connectivity index (χ2n) is 4.00. The van der Waals surface area contributed by atoms with E-state index in [1.165, 1.54) is 23.1 Å². The SMILES string of the molecule is CC1SC(=S)N(CCCC(=O)Nc2nccs2)C1=O. The number of carbonyl (C=O) groups is 2. The molecule has 1 N–H and O–H groups in total. The van der Waals surface area contributed by atoms with Gasteiger partial charge in [-0.3, -0.25) is 14.5 Å². The molecule has 1 aliphatic rings. The summed E-state index contributed by atoms with van der Waals surface area (Å²) in [6.07, 6.45) is 2.58. The monoisotopic (exact) mass is 315 g/mol. The average Bonchev–Trinajstić information content (AvgIpc) is 2.93. The van der Waals surface area contributed by atoms with Gasteiger partial charge in [0.1, 0.15) is 4.32 Å². The predicted molar refractivity (Wildman–Crippen MR) is 81.3 cm³/mol. The number of thioether (sulfide) groups is 1. The molecular weight excluding hydrogens is 302 g/mol. The Morgan fingerprint density at radius 1 is 1.63 bits per heavy atom. The summed E-state index contributed by atoms with van der Waals surface area (Å²) in [7, 11) is 0. The Morgan fingerprint density at radius 2 is 2.42 bits per heavy atom. The molecule has 1 unspecified atom stereocenters. The Labute approximate surface area is 124 Å². The number of rotatable bonds is 5. The molecule has 1 aliphatic heterocycles. The number of thiocarbonyl (C=S) groups is 1. The lowest BCUT2D eigenvalue weighted by Crippen LogP contribution is -2.32. The lowest BCUT2D eigenvalue weighted by atomic mass is 10.2. The van der Waals surface area contributed by atoms with Gasteiger partial charge in [0, 0.05) is 24.5 Å². The van der Waals surface area contributed by atoms with Crippen molar-refractivity contribution in [1.82, 2.24) is 9.88 Å². The molecule has 1 atom stereocenters. The van der Waals surface area contributed by atoms with Crippen LogP contribution in [0.15, 0.2) is 11.6 Å². The summed E-state index contributed by atoms with van der Waals surface area (Å²) in [5, 5.41) is 5.01. The van der Waals surface area contributed by atoms with Crippen LogP contribution in [0.5, 0.6) is 0 Å². The van der Waals surface area contributed by atoms with Crippen molar-refractivity contribution >= 4 is 56.6 Å². The Morgan fingerprint density at radius 3 is 3.00 bits per heavy atom. The van der Waals surface area contributed by atoms with Crippen LogP contribution in [0.3, 0.4) is 0 Å². The molecule has 1 fully saturated rings. The quantitative estimate of drug-likeness (QED) is 0.843. The van der Waals surface area contributed by atoms with E-state index in [1.807, 2.05) is 6.92 Å². The Hall–Kier alpha value is -0.990. The molecule has 1 saturated heterocycles. The van der Waals surface area contributed by atoms with E-state index in [4.69, 9.17) is 12.2 Å². The second kappa shape index (κ2) is 6.44. The van der Waals surface area contributed by atoms with Gasteiger partial charge in [-0.25, -0.2) is 4.98 Å². The molecule has 2 heterocycles. The molecule has 2 rings (SSSR count). The van der Waals surface area contributed by atoms with Gasteiger partial charge < -0.3 is 5.32 Å². The smallest absolute Gasteiger partial charge is 0.241 e. The molecule has 5 nitrogen and oxygen atoms in total. The number of anilines is 1. The normalized spacial score (nSPS) is 19.0. The van der Waals surface area contributed by atoms with Crippen molar-refractivity contribution in [2.24, 2.45) is 0 Å². The van der Waals surface area contributed by atoms with Crippen molar-refractivity contribution in [2.75, 3.05) is 11.9 Å². The van der Waals surface area contributed by atoms with Gasteiger partial charge >= 0.3 is 0 Å². The first kappa shape index (κ1) is 14.4. The Balaban J connectivity index is 1.73. The van der Waals surface area contributed by atoms with Gasteiger partial charge in [0.2, 0.25) is 11.8 Å². The predicted octanol–water partition coefficient (Wildman–Crippen LogP) is 2.11. The number of nitrogens with zero attached hydrogens (tertiary/aromatic N) is 2. The van der Waals surface area contributed by atoms with E-state index in [9.17, 15) is 9.59 Å². The zero-order chi connectivity index (χ0) is 13.8. The maximum Gasteiger partial charge on any atom is 0.241 e. The van der Waals surface area contributed by atoms with Gasteiger partial charge in [0.25, 0.3) is 0 Å². The number of nitrogens with one attached hydrogen (secondary N) is 1. The van der Waals surface area contributed by atoms with Crippen molar-refractivity contribution in [2.45, 2.75) is 25.0 Å². The maximum absolute atomic E-state index is 11.8. The first-order chi connectivity index (χ1) is 9.08. The highest BCUT2D eigenvalue weighted by Crippen LogP contribution is 2.26. The fourth-order valence-electron chi connectivity index (χ4n) is 1.64. The van der Waals surface area contributed by atoms with Crippen molar-refractivity contribution < 1.29 is 9.59 Å². The van der Waals surface area contributed by atoms with Gasteiger partial charge in [-0.1, -0.05) is 24.0 Å². The summed E-state index contributed by atoms with van der Waals surface area (Å²) < 4.78 is 0.609. The molecule has 0 spiro atoms. The minimum absolute atomic E-state index is 0.0373. The number of aromatic nitrogens is 1. The van der Waals surface area contributed by atoms with Crippen molar-refractivity contribution in [3.05, 3.63) is 11.6 Å². The van der Waals surface area contributed by atoms with Gasteiger partial charge in [0.15, 0.2) is 5.13 Å². The molecule has 0 aromatic carbocycles. The first-order valence-corrected chi connectivity index (χ1v) is 7.96. The minimum Gasteiger partial charge on any atom is -0.302 e. The van der Waals surface area contributed by atoms with Crippen molar-refractivity contribution in [3.63, 3.8) is 0 Å². The topological polar surface area (TPSA) is 62.3 Å². The van der Waals surface area contributed by atoms with E-state index >= 15 is 0 Å². The highest BCUT2D eigenvalue weighted by atomic mass is 32.2.